The lowest BCUT2D eigenvalue weighted by molar-refractivity contribution is -0.113. The highest BCUT2D eigenvalue weighted by Crippen LogP contribution is 2.24. The summed E-state index contributed by atoms with van der Waals surface area (Å²) in [6.07, 6.45) is 7.66. The van der Waals surface area contributed by atoms with Crippen LogP contribution in [0.2, 0.25) is 0 Å². The highest BCUT2D eigenvalue weighted by Gasteiger charge is 2.15. The van der Waals surface area contributed by atoms with Gasteiger partial charge in [0.2, 0.25) is 11.8 Å². The van der Waals surface area contributed by atoms with Crippen molar-refractivity contribution in [3.8, 4) is 17.1 Å². The van der Waals surface area contributed by atoms with Crippen LogP contribution in [0.3, 0.4) is 0 Å². The molecular formula is C19H20FN5O3. The van der Waals surface area contributed by atoms with E-state index in [2.05, 4.69) is 19.9 Å². The molecule has 3 aromatic rings. The Morgan fingerprint density at radius 3 is 2.86 bits per heavy atom. The fourth-order valence-electron chi connectivity index (χ4n) is 2.42. The molecule has 146 valence electrons. The lowest BCUT2D eigenvalue weighted by Gasteiger charge is -2.16. The van der Waals surface area contributed by atoms with Crippen molar-refractivity contribution in [2.24, 2.45) is 5.73 Å². The van der Waals surface area contributed by atoms with Gasteiger partial charge in [-0.05, 0) is 26.0 Å². The number of carbonyl (C=O) groups excluding carboxylic acids is 1. The van der Waals surface area contributed by atoms with Crippen LogP contribution in [0.25, 0.3) is 28.5 Å². The zero-order valence-electron chi connectivity index (χ0n) is 15.4. The number of fused-ring (bicyclic) bond motifs is 1. The van der Waals surface area contributed by atoms with Crippen molar-refractivity contribution >= 4 is 23.1 Å². The summed E-state index contributed by atoms with van der Waals surface area (Å²) >= 11 is 0. The average Bonchev–Trinajstić information content (AvgIpc) is 3.02. The normalized spacial score (nSPS) is 12.0. The zero-order valence-corrected chi connectivity index (χ0v) is 15.4. The highest BCUT2D eigenvalue weighted by atomic mass is 19.1. The number of nitrogens with zero attached hydrogens (tertiary/aromatic N) is 3. The molecule has 1 amide bonds. The zero-order chi connectivity index (χ0) is 20.3. The Labute approximate surface area is 160 Å². The lowest BCUT2D eigenvalue weighted by atomic mass is 10.1. The van der Waals surface area contributed by atoms with E-state index in [9.17, 15) is 14.3 Å². The number of pyridine rings is 1. The molecule has 0 aliphatic carbocycles. The van der Waals surface area contributed by atoms with E-state index in [1.165, 1.54) is 30.6 Å². The molecule has 3 aromatic heterocycles. The van der Waals surface area contributed by atoms with Gasteiger partial charge in [-0.1, -0.05) is 0 Å². The average molecular weight is 385 g/mol. The second kappa shape index (κ2) is 7.73. The molecule has 0 radical (unpaired) electrons. The number of carbonyl (C=O) groups is 1. The summed E-state index contributed by atoms with van der Waals surface area (Å²) in [7, 11) is 0. The SMILES string of the molecule is CC(C)(O)CCOc1ncc(-c2cnc3[nH]cc(/C=C/C(N)=O)c3n2)cc1F. The molecule has 3 rings (SSSR count). The van der Waals surface area contributed by atoms with Gasteiger partial charge in [0.25, 0.3) is 0 Å². The molecule has 0 aliphatic rings. The molecule has 0 atom stereocenters. The number of ether oxygens (including phenoxy) is 1. The summed E-state index contributed by atoms with van der Waals surface area (Å²) in [5.41, 5.74) is 6.71. The molecule has 0 unspecified atom stereocenters. The Balaban J connectivity index is 1.85. The Morgan fingerprint density at radius 2 is 2.18 bits per heavy atom. The molecular weight excluding hydrogens is 365 g/mol. The number of hydrogen-bond acceptors (Lipinski definition) is 6. The minimum absolute atomic E-state index is 0.136. The molecule has 0 bridgehead atoms. The lowest BCUT2D eigenvalue weighted by Crippen LogP contribution is -2.22. The molecule has 0 fully saturated rings. The van der Waals surface area contributed by atoms with E-state index in [1.807, 2.05) is 0 Å². The fourth-order valence-corrected chi connectivity index (χ4v) is 2.42. The van der Waals surface area contributed by atoms with E-state index in [1.54, 1.807) is 20.0 Å². The maximum atomic E-state index is 14.3. The van der Waals surface area contributed by atoms with Crippen LogP contribution in [-0.2, 0) is 4.79 Å². The Kier molecular flexibility index (Phi) is 5.36. The Bertz CT molecular complexity index is 1040. The van der Waals surface area contributed by atoms with E-state index in [-0.39, 0.29) is 12.5 Å². The van der Waals surface area contributed by atoms with Crippen molar-refractivity contribution in [3.63, 3.8) is 0 Å². The third kappa shape index (κ3) is 4.68. The van der Waals surface area contributed by atoms with Crippen molar-refractivity contribution in [1.29, 1.82) is 0 Å². The van der Waals surface area contributed by atoms with Crippen LogP contribution in [0.15, 0.2) is 30.7 Å². The third-order valence-corrected chi connectivity index (χ3v) is 3.89. The number of halogens is 1. The van der Waals surface area contributed by atoms with Gasteiger partial charge in [-0.15, -0.1) is 0 Å². The van der Waals surface area contributed by atoms with Crippen molar-refractivity contribution < 1.29 is 19.0 Å². The number of nitrogens with two attached hydrogens (primary N) is 1. The maximum Gasteiger partial charge on any atom is 0.250 e. The van der Waals surface area contributed by atoms with Gasteiger partial charge in [-0.3, -0.25) is 4.79 Å². The van der Waals surface area contributed by atoms with Gasteiger partial charge in [0.1, 0.15) is 5.52 Å². The smallest absolute Gasteiger partial charge is 0.250 e. The highest BCUT2D eigenvalue weighted by molar-refractivity contribution is 5.93. The minimum Gasteiger partial charge on any atom is -0.475 e. The van der Waals surface area contributed by atoms with Crippen LogP contribution in [0.4, 0.5) is 4.39 Å². The molecule has 0 saturated heterocycles. The number of H-pyrrole nitrogens is 1. The molecule has 9 heteroatoms. The molecule has 0 aliphatic heterocycles. The Hall–Kier alpha value is -3.33. The Morgan fingerprint density at radius 1 is 1.39 bits per heavy atom. The van der Waals surface area contributed by atoms with Gasteiger partial charge in [0.15, 0.2) is 11.5 Å². The van der Waals surface area contributed by atoms with Gasteiger partial charge in [-0.25, -0.2) is 19.3 Å². The number of nitrogens with one attached hydrogen (secondary N) is 1. The second-order valence-electron chi connectivity index (χ2n) is 6.85. The van der Waals surface area contributed by atoms with Crippen LogP contribution in [0, 0.1) is 5.82 Å². The first-order valence-corrected chi connectivity index (χ1v) is 8.56. The molecule has 8 nitrogen and oxygen atoms in total. The van der Waals surface area contributed by atoms with Crippen LogP contribution in [0.5, 0.6) is 5.88 Å². The van der Waals surface area contributed by atoms with Crippen LogP contribution >= 0.6 is 0 Å². The number of rotatable bonds is 7. The minimum atomic E-state index is -0.904. The van der Waals surface area contributed by atoms with Crippen molar-refractivity contribution in [2.45, 2.75) is 25.9 Å². The molecule has 0 spiro atoms. The van der Waals surface area contributed by atoms with Crippen LogP contribution in [0.1, 0.15) is 25.8 Å². The first-order chi connectivity index (χ1) is 13.2. The number of amides is 1. The van der Waals surface area contributed by atoms with E-state index in [0.29, 0.717) is 34.4 Å². The number of primary amides is 1. The maximum absolute atomic E-state index is 14.3. The van der Waals surface area contributed by atoms with Gasteiger partial charge >= 0.3 is 0 Å². The monoisotopic (exact) mass is 385 g/mol. The van der Waals surface area contributed by atoms with Crippen molar-refractivity contribution in [3.05, 3.63) is 42.1 Å². The molecule has 3 heterocycles. The molecule has 28 heavy (non-hydrogen) atoms. The molecule has 4 N–H and O–H groups in total. The van der Waals surface area contributed by atoms with Crippen LogP contribution < -0.4 is 10.5 Å². The van der Waals surface area contributed by atoms with Crippen molar-refractivity contribution in [2.75, 3.05) is 6.61 Å². The summed E-state index contributed by atoms with van der Waals surface area (Å²) in [6, 6.07) is 1.26. The van der Waals surface area contributed by atoms with E-state index in [4.69, 9.17) is 10.5 Å². The summed E-state index contributed by atoms with van der Waals surface area (Å²) in [4.78, 5) is 26.6. The van der Waals surface area contributed by atoms with E-state index in [0.717, 1.165) is 0 Å². The van der Waals surface area contributed by atoms with Gasteiger partial charge < -0.3 is 20.6 Å². The molecule has 0 saturated carbocycles. The summed E-state index contributed by atoms with van der Waals surface area (Å²) in [5, 5.41) is 9.68. The van der Waals surface area contributed by atoms with E-state index < -0.39 is 17.3 Å². The topological polar surface area (TPSA) is 127 Å². The standard InChI is InChI=1S/C19H20FN5O3/c1-19(2,27)5-6-28-18-13(20)7-12(9-24-18)14-10-23-17-16(25-14)11(8-22-17)3-4-15(21)26/h3-4,7-10,27H,5-6H2,1-2H3,(H2,21,26)(H,22,23)/b4-3+. The third-order valence-electron chi connectivity index (χ3n) is 3.89. The fraction of sp³-hybridized carbons (Fsp3) is 0.263. The van der Waals surface area contributed by atoms with Gasteiger partial charge in [0.05, 0.1) is 24.1 Å². The first-order valence-electron chi connectivity index (χ1n) is 8.56. The number of hydrogen-bond donors (Lipinski definition) is 3. The summed E-state index contributed by atoms with van der Waals surface area (Å²) in [5.74, 6) is -1.36. The predicted molar refractivity (Wildman–Crippen MR) is 102 cm³/mol. The quantitative estimate of drug-likeness (QED) is 0.535. The van der Waals surface area contributed by atoms with Crippen molar-refractivity contribution in [1.82, 2.24) is 19.9 Å². The summed E-state index contributed by atoms with van der Waals surface area (Å²) < 4.78 is 19.6. The molecule has 0 aromatic carbocycles. The van der Waals surface area contributed by atoms with E-state index >= 15 is 0 Å². The van der Waals surface area contributed by atoms with Gasteiger partial charge in [0, 0.05) is 36.0 Å². The number of aromatic nitrogens is 4. The second-order valence-corrected chi connectivity index (χ2v) is 6.85. The number of aliphatic hydroxyl groups is 1. The first kappa shape index (κ1) is 19.4. The van der Waals surface area contributed by atoms with Crippen LogP contribution in [-0.4, -0.2) is 43.2 Å². The van der Waals surface area contributed by atoms with Gasteiger partial charge in [-0.2, -0.15) is 0 Å². The summed E-state index contributed by atoms with van der Waals surface area (Å²) in [6.45, 7) is 3.43. The largest absolute Gasteiger partial charge is 0.475 e. The predicted octanol–water partition coefficient (Wildman–Crippen LogP) is 2.20. The number of aromatic amines is 1.